The van der Waals surface area contributed by atoms with Crippen molar-refractivity contribution < 1.29 is 24.2 Å². The summed E-state index contributed by atoms with van der Waals surface area (Å²) in [6.45, 7) is 1.30. The van der Waals surface area contributed by atoms with Gasteiger partial charge in [-0.3, -0.25) is 4.79 Å². The van der Waals surface area contributed by atoms with Crippen molar-refractivity contribution in [3.05, 3.63) is 0 Å². The summed E-state index contributed by atoms with van der Waals surface area (Å²) in [5.74, 6) is -1.64. The molecule has 0 aromatic rings. The fourth-order valence-corrected chi connectivity index (χ4v) is 1.78. The Morgan fingerprint density at radius 1 is 1.33 bits per heavy atom. The zero-order valence-corrected chi connectivity index (χ0v) is 10.3. The molecule has 0 unspecified atom stereocenters. The molecule has 0 aromatic heterocycles. The molecule has 2 amide bonds. The van der Waals surface area contributed by atoms with Crippen LogP contribution in [-0.2, 0) is 14.3 Å². The van der Waals surface area contributed by atoms with Gasteiger partial charge in [0.05, 0.1) is 7.11 Å². The van der Waals surface area contributed by atoms with Gasteiger partial charge in [-0.2, -0.15) is 0 Å². The van der Waals surface area contributed by atoms with E-state index in [1.165, 1.54) is 7.11 Å². The summed E-state index contributed by atoms with van der Waals surface area (Å²) in [5, 5.41) is 11.4. The van der Waals surface area contributed by atoms with Crippen LogP contribution in [-0.4, -0.2) is 54.2 Å². The lowest BCUT2D eigenvalue weighted by Crippen LogP contribution is -2.47. The van der Waals surface area contributed by atoms with E-state index in [0.29, 0.717) is 13.1 Å². The molecule has 7 heteroatoms. The number of amides is 2. The highest BCUT2D eigenvalue weighted by molar-refractivity contribution is 5.83. The van der Waals surface area contributed by atoms with E-state index in [1.807, 2.05) is 0 Å². The van der Waals surface area contributed by atoms with Gasteiger partial charge < -0.3 is 20.1 Å². The number of hydrogen-bond acceptors (Lipinski definition) is 4. The second-order valence-corrected chi connectivity index (χ2v) is 4.15. The summed E-state index contributed by atoms with van der Waals surface area (Å²) in [6, 6.07) is -1.44. The highest BCUT2D eigenvalue weighted by Crippen LogP contribution is 2.08. The molecule has 7 nitrogen and oxygen atoms in total. The van der Waals surface area contributed by atoms with E-state index >= 15 is 0 Å². The Hall–Kier alpha value is -1.79. The van der Waals surface area contributed by atoms with E-state index in [2.05, 4.69) is 10.1 Å². The van der Waals surface area contributed by atoms with Gasteiger partial charge in [-0.15, -0.1) is 0 Å². The van der Waals surface area contributed by atoms with Crippen molar-refractivity contribution in [1.29, 1.82) is 0 Å². The molecule has 1 aliphatic rings. The standard InChI is InChI=1S/C11H18N2O5/c1-18-9(14)5-4-8(10(15)16)12-11(17)13-6-2-3-7-13/h8H,2-7H2,1H3,(H,12,17)(H,15,16)/t8-/m1/s1. The summed E-state index contributed by atoms with van der Waals surface area (Å²) in [6.07, 6.45) is 1.87. The maximum Gasteiger partial charge on any atom is 0.326 e. The number of nitrogens with zero attached hydrogens (tertiary/aromatic N) is 1. The van der Waals surface area contributed by atoms with Crippen LogP contribution >= 0.6 is 0 Å². The number of ether oxygens (including phenoxy) is 1. The van der Waals surface area contributed by atoms with Crippen molar-refractivity contribution in [1.82, 2.24) is 10.2 Å². The first kappa shape index (κ1) is 14.3. The van der Waals surface area contributed by atoms with Crippen LogP contribution in [0.25, 0.3) is 0 Å². The van der Waals surface area contributed by atoms with E-state index in [1.54, 1.807) is 4.90 Å². The number of nitrogens with one attached hydrogen (secondary N) is 1. The summed E-state index contributed by atoms with van der Waals surface area (Å²) in [4.78, 5) is 35.2. The molecule has 1 heterocycles. The smallest absolute Gasteiger partial charge is 0.326 e. The minimum Gasteiger partial charge on any atom is -0.480 e. The van der Waals surface area contributed by atoms with E-state index < -0.39 is 18.0 Å². The summed E-state index contributed by atoms with van der Waals surface area (Å²) in [7, 11) is 1.24. The van der Waals surface area contributed by atoms with Crippen LogP contribution in [0.4, 0.5) is 4.79 Å². The molecule has 2 N–H and O–H groups in total. The number of carboxylic acid groups (broad SMARTS) is 1. The lowest BCUT2D eigenvalue weighted by Gasteiger charge is -2.20. The van der Waals surface area contributed by atoms with Crippen LogP contribution < -0.4 is 5.32 Å². The van der Waals surface area contributed by atoms with Crippen LogP contribution in [0.1, 0.15) is 25.7 Å². The number of carbonyl (C=O) groups is 3. The molecular weight excluding hydrogens is 240 g/mol. The number of rotatable bonds is 5. The van der Waals surface area contributed by atoms with E-state index in [0.717, 1.165) is 12.8 Å². The van der Waals surface area contributed by atoms with E-state index in [9.17, 15) is 14.4 Å². The Bertz CT molecular complexity index is 325. The van der Waals surface area contributed by atoms with Crippen LogP contribution in [0.15, 0.2) is 0 Å². The average Bonchev–Trinajstić information content (AvgIpc) is 2.87. The largest absolute Gasteiger partial charge is 0.480 e. The predicted molar refractivity (Wildman–Crippen MR) is 62.0 cm³/mol. The first-order valence-corrected chi connectivity index (χ1v) is 5.89. The third kappa shape index (κ3) is 4.23. The SMILES string of the molecule is COC(=O)CC[C@@H](NC(=O)N1CCCC1)C(=O)O. The minimum atomic E-state index is -1.15. The summed E-state index contributed by atoms with van der Waals surface area (Å²) < 4.78 is 4.43. The molecule has 1 atom stereocenters. The van der Waals surface area contributed by atoms with Gasteiger partial charge in [0, 0.05) is 19.5 Å². The molecule has 0 radical (unpaired) electrons. The number of esters is 1. The quantitative estimate of drug-likeness (QED) is 0.687. The molecule has 1 rings (SSSR count). The van der Waals surface area contributed by atoms with Crippen molar-refractivity contribution in [3.8, 4) is 0 Å². The molecule has 18 heavy (non-hydrogen) atoms. The van der Waals surface area contributed by atoms with E-state index in [4.69, 9.17) is 5.11 Å². The lowest BCUT2D eigenvalue weighted by molar-refractivity contribution is -0.142. The predicted octanol–water partition coefficient (Wildman–Crippen LogP) is 0.198. The van der Waals surface area contributed by atoms with Gasteiger partial charge in [0.25, 0.3) is 0 Å². The minimum absolute atomic E-state index is 0.0294. The Balaban J connectivity index is 2.44. The van der Waals surface area contributed by atoms with Gasteiger partial charge in [0.1, 0.15) is 6.04 Å². The lowest BCUT2D eigenvalue weighted by atomic mass is 10.1. The average molecular weight is 258 g/mol. The molecular formula is C11H18N2O5. The topological polar surface area (TPSA) is 95.9 Å². The van der Waals surface area contributed by atoms with Crippen molar-refractivity contribution in [2.75, 3.05) is 20.2 Å². The Kier molecular flexibility index (Phi) is 5.41. The maximum atomic E-state index is 11.7. The Morgan fingerprint density at radius 2 is 1.94 bits per heavy atom. The number of methoxy groups -OCH3 is 1. The van der Waals surface area contributed by atoms with Gasteiger partial charge >= 0.3 is 18.0 Å². The van der Waals surface area contributed by atoms with Gasteiger partial charge in [-0.1, -0.05) is 0 Å². The fraction of sp³-hybridized carbons (Fsp3) is 0.727. The van der Waals surface area contributed by atoms with Crippen molar-refractivity contribution >= 4 is 18.0 Å². The van der Waals surface area contributed by atoms with Gasteiger partial charge in [0.15, 0.2) is 0 Å². The van der Waals surface area contributed by atoms with Crippen LogP contribution in [0, 0.1) is 0 Å². The molecule has 0 aromatic carbocycles. The molecule has 1 fully saturated rings. The molecule has 102 valence electrons. The number of hydrogen-bond donors (Lipinski definition) is 2. The van der Waals surface area contributed by atoms with Crippen molar-refractivity contribution in [3.63, 3.8) is 0 Å². The van der Waals surface area contributed by atoms with Gasteiger partial charge in [0.2, 0.25) is 0 Å². The molecule has 0 spiro atoms. The first-order valence-electron chi connectivity index (χ1n) is 5.89. The summed E-state index contributed by atoms with van der Waals surface area (Å²) >= 11 is 0. The molecule has 1 aliphatic heterocycles. The number of carboxylic acids is 1. The third-order valence-electron chi connectivity index (χ3n) is 2.85. The Morgan fingerprint density at radius 3 is 2.44 bits per heavy atom. The normalized spacial score (nSPS) is 16.2. The van der Waals surface area contributed by atoms with Gasteiger partial charge in [-0.25, -0.2) is 9.59 Å². The highest BCUT2D eigenvalue weighted by atomic mass is 16.5. The van der Waals surface area contributed by atoms with Crippen LogP contribution in [0.5, 0.6) is 0 Å². The van der Waals surface area contributed by atoms with Crippen molar-refractivity contribution in [2.45, 2.75) is 31.7 Å². The zero-order valence-electron chi connectivity index (χ0n) is 10.3. The summed E-state index contributed by atoms with van der Waals surface area (Å²) in [5.41, 5.74) is 0. The highest BCUT2D eigenvalue weighted by Gasteiger charge is 2.25. The number of aliphatic carboxylic acids is 1. The first-order chi connectivity index (χ1) is 8.54. The monoisotopic (exact) mass is 258 g/mol. The second-order valence-electron chi connectivity index (χ2n) is 4.15. The number of likely N-dealkylation sites (tertiary alicyclic amines) is 1. The molecule has 0 saturated carbocycles. The third-order valence-corrected chi connectivity index (χ3v) is 2.85. The number of carbonyl (C=O) groups excluding carboxylic acids is 2. The van der Waals surface area contributed by atoms with Gasteiger partial charge in [-0.05, 0) is 19.3 Å². The maximum absolute atomic E-state index is 11.7. The zero-order chi connectivity index (χ0) is 13.5. The van der Waals surface area contributed by atoms with Crippen LogP contribution in [0.3, 0.4) is 0 Å². The fourth-order valence-electron chi connectivity index (χ4n) is 1.78. The van der Waals surface area contributed by atoms with E-state index in [-0.39, 0.29) is 18.9 Å². The number of urea groups is 1. The second kappa shape index (κ2) is 6.83. The van der Waals surface area contributed by atoms with Crippen LogP contribution in [0.2, 0.25) is 0 Å². The molecule has 0 aliphatic carbocycles. The molecule has 0 bridgehead atoms. The Labute approximate surface area is 105 Å². The van der Waals surface area contributed by atoms with Crippen molar-refractivity contribution in [2.24, 2.45) is 0 Å². The molecule has 1 saturated heterocycles.